The normalized spacial score (nSPS) is 18.6. The molecule has 1 amide bonds. The lowest BCUT2D eigenvalue weighted by molar-refractivity contribution is -0.118. The Morgan fingerprint density at radius 1 is 1.06 bits per heavy atom. The van der Waals surface area contributed by atoms with E-state index in [0.717, 1.165) is 41.4 Å². The molecule has 0 bridgehead atoms. The molecule has 2 aliphatic heterocycles. The van der Waals surface area contributed by atoms with Crippen LogP contribution >= 0.6 is 46.7 Å². The molecule has 2 N–H and O–H groups in total. The minimum atomic E-state index is -3.80. The fourth-order valence-electron chi connectivity index (χ4n) is 4.15. The molecule has 33 heavy (non-hydrogen) atoms. The van der Waals surface area contributed by atoms with Crippen LogP contribution in [-0.4, -0.2) is 33.5 Å². The maximum absolute atomic E-state index is 13.1. The van der Waals surface area contributed by atoms with Gasteiger partial charge in [0.2, 0.25) is 5.91 Å². The number of aryl methyl sites for hydroxylation is 1. The molecule has 4 heterocycles. The number of halogens is 2. The average Bonchev–Trinajstić information content (AvgIpc) is 3.46. The quantitative estimate of drug-likeness (QED) is 0.490. The van der Waals surface area contributed by atoms with Gasteiger partial charge < -0.3 is 10.2 Å². The van der Waals surface area contributed by atoms with E-state index in [2.05, 4.69) is 22.2 Å². The van der Waals surface area contributed by atoms with E-state index in [1.807, 2.05) is 12.1 Å². The molecule has 3 aromatic rings. The van der Waals surface area contributed by atoms with Crippen LogP contribution in [-0.2, 0) is 27.8 Å². The molecule has 6 nitrogen and oxygen atoms in total. The van der Waals surface area contributed by atoms with Gasteiger partial charge in [0.05, 0.1) is 4.34 Å². The summed E-state index contributed by atoms with van der Waals surface area (Å²) >= 11 is 8.57. The lowest BCUT2D eigenvalue weighted by atomic mass is 10.0. The van der Waals surface area contributed by atoms with Crippen molar-refractivity contribution < 1.29 is 13.2 Å². The molecule has 0 saturated carbocycles. The number of rotatable bonds is 5. The minimum Gasteiger partial charge on any atom is -0.313 e. The molecule has 1 fully saturated rings. The van der Waals surface area contributed by atoms with Crippen LogP contribution in [0.25, 0.3) is 9.75 Å². The van der Waals surface area contributed by atoms with Crippen molar-refractivity contribution in [3.63, 3.8) is 0 Å². The molecule has 11 heteroatoms. The third-order valence-electron chi connectivity index (χ3n) is 5.78. The number of benzene rings is 1. The molecule has 176 valence electrons. The predicted octanol–water partition coefficient (Wildman–Crippen LogP) is 4.67. The fraction of sp³-hybridized carbons (Fsp3) is 0.318. The first-order valence-electron chi connectivity index (χ1n) is 10.4. The monoisotopic (exact) mass is 543 g/mol. The number of nitrogens with one attached hydrogen (secondary N) is 2. The zero-order valence-corrected chi connectivity index (χ0v) is 21.6. The maximum Gasteiger partial charge on any atom is 0.250 e. The Hall–Kier alpha value is -1.46. The lowest BCUT2D eigenvalue weighted by Crippen LogP contribution is -2.41. The molecule has 0 spiro atoms. The average molecular weight is 545 g/mol. The van der Waals surface area contributed by atoms with Gasteiger partial charge in [-0.2, -0.15) is 4.72 Å². The van der Waals surface area contributed by atoms with Gasteiger partial charge in [-0.25, -0.2) is 8.42 Å². The van der Waals surface area contributed by atoms with Crippen molar-refractivity contribution in [3.8, 4) is 9.75 Å². The van der Waals surface area contributed by atoms with Gasteiger partial charge in [0.1, 0.15) is 10.3 Å². The van der Waals surface area contributed by atoms with Gasteiger partial charge in [-0.3, -0.25) is 4.79 Å². The van der Waals surface area contributed by atoms with E-state index < -0.39 is 16.1 Å². The Balaban J connectivity index is 0.00000259. The zero-order valence-electron chi connectivity index (χ0n) is 17.5. The zero-order chi connectivity index (χ0) is 22.3. The van der Waals surface area contributed by atoms with Crippen LogP contribution in [0.2, 0.25) is 4.34 Å². The molecule has 5 rings (SSSR count). The van der Waals surface area contributed by atoms with E-state index in [1.165, 1.54) is 33.8 Å². The highest BCUT2D eigenvalue weighted by Gasteiger charge is 2.36. The molecule has 0 unspecified atom stereocenters. The Labute approximate surface area is 212 Å². The number of carbonyl (C=O) groups is 1. The molecular weight excluding hydrogens is 521 g/mol. The summed E-state index contributed by atoms with van der Waals surface area (Å²) < 4.78 is 29.4. The van der Waals surface area contributed by atoms with E-state index >= 15 is 0 Å². The number of anilines is 1. The van der Waals surface area contributed by atoms with E-state index in [0.29, 0.717) is 17.3 Å². The van der Waals surface area contributed by atoms with Gasteiger partial charge in [0.15, 0.2) is 0 Å². The van der Waals surface area contributed by atoms with E-state index in [9.17, 15) is 13.2 Å². The highest BCUT2D eigenvalue weighted by Crippen LogP contribution is 2.37. The van der Waals surface area contributed by atoms with Gasteiger partial charge in [-0.05, 0) is 73.3 Å². The van der Waals surface area contributed by atoms with Gasteiger partial charge in [-0.1, -0.05) is 17.7 Å². The molecular formula is C22H23Cl2N3O3S3. The van der Waals surface area contributed by atoms with Crippen LogP contribution in [0, 0.1) is 0 Å². The summed E-state index contributed by atoms with van der Waals surface area (Å²) in [4.78, 5) is 16.5. The summed E-state index contributed by atoms with van der Waals surface area (Å²) in [6, 6.07) is 12.4. The molecule has 2 aliphatic rings. The van der Waals surface area contributed by atoms with E-state index in [1.54, 1.807) is 23.1 Å². The third-order valence-corrected chi connectivity index (χ3v) is 10.3. The minimum absolute atomic E-state index is 0. The Morgan fingerprint density at radius 3 is 2.64 bits per heavy atom. The van der Waals surface area contributed by atoms with Crippen molar-refractivity contribution in [2.45, 2.75) is 36.1 Å². The van der Waals surface area contributed by atoms with Crippen LogP contribution in [0.15, 0.2) is 46.7 Å². The Bertz CT molecular complexity index is 1270. The number of amides is 1. The number of hydrogen-bond donors (Lipinski definition) is 2. The summed E-state index contributed by atoms with van der Waals surface area (Å²) in [6.07, 6.45) is 2.56. The number of carbonyl (C=O) groups excluding carboxylic acids is 1. The van der Waals surface area contributed by atoms with Crippen molar-refractivity contribution >= 4 is 68.3 Å². The first kappa shape index (κ1) is 24.7. The van der Waals surface area contributed by atoms with Crippen LogP contribution in [0.5, 0.6) is 0 Å². The molecule has 1 atom stereocenters. The highest BCUT2D eigenvalue weighted by atomic mass is 35.5. The van der Waals surface area contributed by atoms with Crippen molar-refractivity contribution in [1.82, 2.24) is 10.0 Å². The summed E-state index contributed by atoms with van der Waals surface area (Å²) in [5, 5.41) is 3.41. The first-order valence-corrected chi connectivity index (χ1v) is 13.9. The topological polar surface area (TPSA) is 78.5 Å². The number of nitrogens with zero attached hydrogens (tertiary/aromatic N) is 1. The number of sulfonamides is 1. The predicted molar refractivity (Wildman–Crippen MR) is 137 cm³/mol. The van der Waals surface area contributed by atoms with E-state index in [-0.39, 0.29) is 22.5 Å². The van der Waals surface area contributed by atoms with Crippen molar-refractivity contribution in [2.75, 3.05) is 18.0 Å². The third kappa shape index (κ3) is 5.14. The van der Waals surface area contributed by atoms with Crippen LogP contribution in [0.3, 0.4) is 0 Å². The van der Waals surface area contributed by atoms with Crippen LogP contribution in [0.1, 0.15) is 24.0 Å². The summed E-state index contributed by atoms with van der Waals surface area (Å²) in [7, 11) is -3.80. The van der Waals surface area contributed by atoms with E-state index in [4.69, 9.17) is 11.6 Å². The molecule has 0 aliphatic carbocycles. The second kappa shape index (κ2) is 10.0. The number of fused-ring (bicyclic) bond motifs is 1. The molecule has 1 saturated heterocycles. The van der Waals surface area contributed by atoms with Crippen molar-refractivity contribution in [2.24, 2.45) is 0 Å². The lowest BCUT2D eigenvalue weighted by Gasteiger charge is -2.19. The van der Waals surface area contributed by atoms with Gasteiger partial charge in [0, 0.05) is 28.5 Å². The maximum atomic E-state index is 13.1. The summed E-state index contributed by atoms with van der Waals surface area (Å²) in [5.41, 5.74) is 3.34. The highest BCUT2D eigenvalue weighted by molar-refractivity contribution is 7.91. The summed E-state index contributed by atoms with van der Waals surface area (Å²) in [6.45, 7) is 2.26. The first-order chi connectivity index (χ1) is 15.4. The summed E-state index contributed by atoms with van der Waals surface area (Å²) in [5.74, 6) is -0.211. The molecule has 0 radical (unpaired) electrons. The van der Waals surface area contributed by atoms with Gasteiger partial charge in [-0.15, -0.1) is 35.1 Å². The van der Waals surface area contributed by atoms with Gasteiger partial charge >= 0.3 is 0 Å². The second-order valence-corrected chi connectivity index (χ2v) is 12.6. The Kier molecular flexibility index (Phi) is 7.50. The largest absolute Gasteiger partial charge is 0.313 e. The van der Waals surface area contributed by atoms with Gasteiger partial charge in [0.25, 0.3) is 10.0 Å². The smallest absolute Gasteiger partial charge is 0.250 e. The van der Waals surface area contributed by atoms with Crippen LogP contribution < -0.4 is 14.9 Å². The number of hydrogen-bond acceptors (Lipinski definition) is 6. The second-order valence-electron chi connectivity index (χ2n) is 7.91. The SMILES string of the molecule is Cl.O=C1[C@@H](NS(=O)(=O)c2ccc(-c3ccc(Cl)s3)s2)CCN1c1ccc2c(c1)CNCCC2. The molecule has 1 aromatic carbocycles. The fourth-order valence-corrected chi connectivity index (χ4v) is 7.83. The molecule has 2 aromatic heterocycles. The number of thiophene rings is 2. The van der Waals surface area contributed by atoms with Crippen LogP contribution in [0.4, 0.5) is 5.69 Å². The van der Waals surface area contributed by atoms with Crippen molar-refractivity contribution in [1.29, 1.82) is 0 Å². The standard InChI is InChI=1S/C22H22ClN3O3S3.ClH/c23-20-7-5-18(30-20)19-6-8-21(31-19)32(28,29)25-17-9-11-26(22(17)27)16-4-3-14-2-1-10-24-13-15(14)12-16;/h3-8,12,17,24-25H,1-2,9-11,13H2;1H/t17-;/m0./s1. The van der Waals surface area contributed by atoms with Crippen molar-refractivity contribution in [3.05, 3.63) is 57.9 Å². The Morgan fingerprint density at radius 2 is 1.85 bits per heavy atom.